The third kappa shape index (κ3) is 13.2. The predicted octanol–water partition coefficient (Wildman–Crippen LogP) is 4.69. The van der Waals surface area contributed by atoms with Crippen molar-refractivity contribution in [1.82, 2.24) is 10.6 Å². The Morgan fingerprint density at radius 2 is 1.30 bits per heavy atom. The van der Waals surface area contributed by atoms with Crippen molar-refractivity contribution in [3.05, 3.63) is 83.6 Å². The Balaban J connectivity index is 1.80. The maximum atomic E-state index is 13.0. The van der Waals surface area contributed by atoms with Gasteiger partial charge in [-0.2, -0.15) is 21.4 Å². The Bertz CT molecular complexity index is 2330. The van der Waals surface area contributed by atoms with Crippen molar-refractivity contribution in [3.8, 4) is 0 Å². The fourth-order valence-electron chi connectivity index (χ4n) is 8.14. The van der Waals surface area contributed by atoms with Gasteiger partial charge in [-0.05, 0) is 81.5 Å². The standard InChI is InChI=1S/C44H60N4O13S2/c1-43(21-19-40(49)45-23-27-59-3)34-30-32(62(53,54)55)15-17-36(34)47(25-11-7-10-14-42(51)52)38(43)12-8-6-9-13-39-44(2,22-20-41(50)46-24-28-60-4)35-31-33(63(56,57)58)16-18-37(35)48(39)26-29-61-5/h6,8-9,12-13,15-18,30-31H,7,10-11,14,19-29H2,1-5H3,(H4-,45,46,49,50,51,52,53,54,55,56,57,58)/p+1. The minimum atomic E-state index is -4.58. The molecule has 2 heterocycles. The zero-order valence-corrected chi connectivity index (χ0v) is 38.2. The van der Waals surface area contributed by atoms with Crippen molar-refractivity contribution in [1.29, 1.82) is 0 Å². The zero-order chi connectivity index (χ0) is 46.4. The van der Waals surface area contributed by atoms with E-state index in [1.54, 1.807) is 25.3 Å². The fraction of sp³-hybridized carbons (Fsp3) is 0.500. The van der Waals surface area contributed by atoms with Crippen LogP contribution >= 0.6 is 0 Å². The molecule has 0 fully saturated rings. The molecule has 0 spiro atoms. The van der Waals surface area contributed by atoms with Crippen LogP contribution in [0.3, 0.4) is 0 Å². The Morgan fingerprint density at radius 3 is 1.87 bits per heavy atom. The number of allylic oxidation sites excluding steroid dienone is 6. The van der Waals surface area contributed by atoms with Crippen LogP contribution in [-0.4, -0.2) is 126 Å². The number of hydrogen-bond donors (Lipinski definition) is 5. The number of carbonyl (C=O) groups is 3. The summed E-state index contributed by atoms with van der Waals surface area (Å²) in [5, 5.41) is 14.9. The van der Waals surface area contributed by atoms with Crippen molar-refractivity contribution in [2.75, 3.05) is 72.2 Å². The van der Waals surface area contributed by atoms with Crippen LogP contribution in [0.4, 0.5) is 11.4 Å². The number of rotatable bonds is 26. The van der Waals surface area contributed by atoms with E-state index in [-0.39, 0.29) is 53.7 Å². The summed E-state index contributed by atoms with van der Waals surface area (Å²) in [6.45, 7) is 6.29. The van der Waals surface area contributed by atoms with Gasteiger partial charge in [0.2, 0.25) is 17.5 Å². The Labute approximate surface area is 370 Å². The molecule has 2 aliphatic heterocycles. The quantitative estimate of drug-likeness (QED) is 0.0373. The SMILES string of the molecule is COCCNC(=O)CCC1(C)C(=CC=CC=CC2=[N+](CCCCCC(=O)O)c3ccc(S(=O)(=O)O)cc3C2(C)CCC(=O)NCCOC)N(CCOC)c2ccc(S(=O)(=O)O)cc21. The van der Waals surface area contributed by atoms with E-state index in [0.717, 1.165) is 11.4 Å². The van der Waals surface area contributed by atoms with Gasteiger partial charge in [-0.3, -0.25) is 23.5 Å². The average Bonchev–Trinajstić information content (AvgIpc) is 3.60. The molecule has 0 saturated carbocycles. The third-order valence-corrected chi connectivity index (χ3v) is 13.2. The van der Waals surface area contributed by atoms with Crippen molar-refractivity contribution >= 4 is 55.1 Å². The molecule has 2 aliphatic rings. The van der Waals surface area contributed by atoms with Crippen LogP contribution in [-0.2, 0) is 59.7 Å². The minimum absolute atomic E-state index is 0.0251. The maximum absolute atomic E-state index is 13.0. The van der Waals surface area contributed by atoms with Crippen molar-refractivity contribution in [3.63, 3.8) is 0 Å². The van der Waals surface area contributed by atoms with E-state index >= 15 is 0 Å². The molecule has 2 atom stereocenters. The molecule has 0 aromatic heterocycles. The summed E-state index contributed by atoms with van der Waals surface area (Å²) in [6.07, 6.45) is 11.7. The Morgan fingerprint density at radius 1 is 0.730 bits per heavy atom. The summed E-state index contributed by atoms with van der Waals surface area (Å²) in [5.41, 5.74) is 2.28. The first-order chi connectivity index (χ1) is 29.8. The van der Waals surface area contributed by atoms with E-state index in [9.17, 15) is 45.4 Å². The van der Waals surface area contributed by atoms with Gasteiger partial charge in [0, 0.05) is 101 Å². The molecule has 5 N–H and O–H groups in total. The number of carboxylic acid groups (broad SMARTS) is 1. The van der Waals surface area contributed by atoms with Gasteiger partial charge < -0.3 is 34.9 Å². The van der Waals surface area contributed by atoms with E-state index in [2.05, 4.69) is 10.6 Å². The van der Waals surface area contributed by atoms with Crippen LogP contribution < -0.4 is 15.5 Å². The lowest BCUT2D eigenvalue weighted by molar-refractivity contribution is -0.438. The molecule has 346 valence electrons. The first-order valence-electron chi connectivity index (χ1n) is 20.8. The number of amides is 2. The number of carboxylic acids is 1. The van der Waals surface area contributed by atoms with Gasteiger partial charge in [-0.1, -0.05) is 18.2 Å². The van der Waals surface area contributed by atoms with Crippen molar-refractivity contribution in [2.45, 2.75) is 85.8 Å². The molecule has 2 aromatic rings. The third-order valence-electron chi connectivity index (χ3n) is 11.5. The van der Waals surface area contributed by atoms with Gasteiger partial charge >= 0.3 is 5.97 Å². The number of hydrogen-bond acceptors (Lipinski definition) is 11. The van der Waals surface area contributed by atoms with E-state index in [4.69, 9.17) is 14.2 Å². The molecule has 2 amide bonds. The second kappa shape index (κ2) is 22.7. The van der Waals surface area contributed by atoms with Crippen LogP contribution in [0.2, 0.25) is 0 Å². The number of nitrogens with one attached hydrogen (secondary N) is 2. The number of carbonyl (C=O) groups excluding carboxylic acids is 2. The lowest BCUT2D eigenvalue weighted by atomic mass is 9.75. The van der Waals surface area contributed by atoms with Gasteiger partial charge in [0.25, 0.3) is 20.2 Å². The summed E-state index contributed by atoms with van der Waals surface area (Å²) in [6, 6.07) is 8.80. The number of methoxy groups -OCH3 is 3. The van der Waals surface area contributed by atoms with E-state index in [1.807, 2.05) is 47.6 Å². The second-order valence-corrected chi connectivity index (χ2v) is 18.7. The molecule has 17 nitrogen and oxygen atoms in total. The first-order valence-corrected chi connectivity index (χ1v) is 23.6. The average molecular weight is 918 g/mol. The molecule has 0 bridgehead atoms. The molecule has 0 aliphatic carbocycles. The molecular formula is C44H61N4O13S2+. The van der Waals surface area contributed by atoms with Crippen LogP contribution in [0, 0.1) is 0 Å². The normalized spacial score (nSPS) is 19.3. The molecule has 19 heteroatoms. The van der Waals surface area contributed by atoms with Crippen molar-refractivity contribution in [2.24, 2.45) is 0 Å². The first kappa shape index (κ1) is 50.9. The summed E-state index contributed by atoms with van der Waals surface area (Å²) >= 11 is 0. The van der Waals surface area contributed by atoms with Crippen molar-refractivity contribution < 1.29 is 64.2 Å². The highest BCUT2D eigenvalue weighted by atomic mass is 32.2. The van der Waals surface area contributed by atoms with Gasteiger partial charge in [0.1, 0.15) is 6.54 Å². The highest BCUT2D eigenvalue weighted by Crippen LogP contribution is 2.51. The lowest BCUT2D eigenvalue weighted by Gasteiger charge is -2.30. The number of unbranched alkanes of at least 4 members (excludes halogenated alkanes) is 2. The topological polar surface area (TPSA) is 238 Å². The highest BCUT2D eigenvalue weighted by molar-refractivity contribution is 7.86. The van der Waals surface area contributed by atoms with E-state index in [1.165, 1.54) is 38.5 Å². The molecule has 2 unspecified atom stereocenters. The number of benzene rings is 2. The van der Waals surface area contributed by atoms with E-state index in [0.29, 0.717) is 87.8 Å². The molecule has 0 radical (unpaired) electrons. The van der Waals surface area contributed by atoms with Gasteiger partial charge in [-0.15, -0.1) is 0 Å². The number of ether oxygens (including phenoxy) is 3. The fourth-order valence-corrected chi connectivity index (χ4v) is 9.16. The molecule has 2 aromatic carbocycles. The molecule has 63 heavy (non-hydrogen) atoms. The predicted molar refractivity (Wildman–Crippen MR) is 237 cm³/mol. The largest absolute Gasteiger partial charge is 0.481 e. The summed E-state index contributed by atoms with van der Waals surface area (Å²) < 4.78 is 87.0. The molecular weight excluding hydrogens is 857 g/mol. The van der Waals surface area contributed by atoms with Crippen LogP contribution in [0.15, 0.2) is 82.3 Å². The monoisotopic (exact) mass is 917 g/mol. The zero-order valence-electron chi connectivity index (χ0n) is 36.6. The summed E-state index contributed by atoms with van der Waals surface area (Å²) in [4.78, 5) is 38.6. The van der Waals surface area contributed by atoms with Gasteiger partial charge in [-0.25, -0.2) is 0 Å². The number of nitrogens with zero attached hydrogens (tertiary/aromatic N) is 2. The van der Waals surface area contributed by atoms with Gasteiger partial charge in [0.05, 0.1) is 35.0 Å². The van der Waals surface area contributed by atoms with Crippen LogP contribution in [0.5, 0.6) is 0 Å². The Kier molecular flexibility index (Phi) is 18.4. The summed E-state index contributed by atoms with van der Waals surface area (Å²) in [7, 11) is -4.50. The Hall–Kier alpha value is -4.76. The van der Waals surface area contributed by atoms with Gasteiger partial charge in [0.15, 0.2) is 5.71 Å². The van der Waals surface area contributed by atoms with E-state index < -0.39 is 37.0 Å². The lowest BCUT2D eigenvalue weighted by Crippen LogP contribution is -2.34. The highest BCUT2D eigenvalue weighted by Gasteiger charge is 2.48. The maximum Gasteiger partial charge on any atom is 0.303 e. The number of aliphatic carboxylic acids is 1. The summed E-state index contributed by atoms with van der Waals surface area (Å²) in [5.74, 6) is -1.32. The number of fused-ring (bicyclic) bond motifs is 2. The van der Waals surface area contributed by atoms with Crippen LogP contribution in [0.1, 0.15) is 76.3 Å². The molecule has 0 saturated heterocycles. The second-order valence-electron chi connectivity index (χ2n) is 15.8. The van der Waals surface area contributed by atoms with Crippen LogP contribution in [0.25, 0.3) is 0 Å². The molecule has 4 rings (SSSR count). The smallest absolute Gasteiger partial charge is 0.303 e. The minimum Gasteiger partial charge on any atom is -0.481 e. The number of anilines is 1.